The smallest absolute Gasteiger partial charge is 0.410 e. The molecule has 1 N–H and O–H groups in total. The molecular formula is C18H35N2O4S-. The quantitative estimate of drug-likeness (QED) is 0.742. The maximum Gasteiger partial charge on any atom is 0.410 e. The molecule has 0 saturated carbocycles. The number of hydrogen-bond acceptors (Lipinski definition) is 4. The van der Waals surface area contributed by atoms with Gasteiger partial charge in [0.15, 0.2) is 0 Å². The van der Waals surface area contributed by atoms with Crippen molar-refractivity contribution in [3.63, 3.8) is 0 Å². The monoisotopic (exact) mass is 375 g/mol. The molecule has 1 aliphatic heterocycles. The second kappa shape index (κ2) is 10.5. The Morgan fingerprint density at radius 1 is 1.04 bits per heavy atom. The number of amides is 1. The molecule has 1 heterocycles. The first-order valence-corrected chi connectivity index (χ1v) is 10.5. The zero-order valence-corrected chi connectivity index (χ0v) is 17.1. The largest absolute Gasteiger partial charge is 0.760 e. The fraction of sp³-hybridized carbons (Fsp3) is 0.944. The third-order valence-corrected chi connectivity index (χ3v) is 5.20. The number of rotatable bonds is 2. The minimum absolute atomic E-state index is 0.226. The molecule has 148 valence electrons. The highest BCUT2D eigenvalue weighted by molar-refractivity contribution is 7.77. The van der Waals surface area contributed by atoms with Crippen molar-refractivity contribution in [3.05, 3.63) is 0 Å². The highest BCUT2D eigenvalue weighted by atomic mass is 32.2. The summed E-state index contributed by atoms with van der Waals surface area (Å²) in [5, 5.41) is 0. The summed E-state index contributed by atoms with van der Waals surface area (Å²) in [7, 11) is 0. The van der Waals surface area contributed by atoms with Crippen LogP contribution in [0.4, 0.5) is 4.79 Å². The normalized spacial score (nSPS) is 26.0. The Morgan fingerprint density at radius 3 is 2.00 bits per heavy atom. The van der Waals surface area contributed by atoms with E-state index in [1.54, 1.807) is 0 Å². The standard InChI is InChI=1S/C18H36N2O4S/c1-17(2,3)24-16(21)20-14-10-6-5-8-12-18(4,19-25(22)23)13-9-7-11-15-20/h19H,5-15H2,1-4H3,(H,22,23)/p-1. The lowest BCUT2D eigenvalue weighted by Gasteiger charge is -2.32. The van der Waals surface area contributed by atoms with Crippen molar-refractivity contribution in [2.24, 2.45) is 0 Å². The minimum Gasteiger partial charge on any atom is -0.760 e. The van der Waals surface area contributed by atoms with Crippen LogP contribution in [0.3, 0.4) is 0 Å². The van der Waals surface area contributed by atoms with Crippen LogP contribution in [0.5, 0.6) is 0 Å². The summed E-state index contributed by atoms with van der Waals surface area (Å²) < 4.78 is 30.4. The molecule has 2 unspecified atom stereocenters. The third kappa shape index (κ3) is 10.2. The zero-order valence-electron chi connectivity index (χ0n) is 16.3. The van der Waals surface area contributed by atoms with Crippen LogP contribution >= 0.6 is 0 Å². The lowest BCUT2D eigenvalue weighted by atomic mass is 9.89. The molecule has 0 spiro atoms. The van der Waals surface area contributed by atoms with Crippen LogP contribution < -0.4 is 4.72 Å². The van der Waals surface area contributed by atoms with E-state index in [0.717, 1.165) is 64.3 Å². The molecule has 1 rings (SSSR count). The van der Waals surface area contributed by atoms with Gasteiger partial charge in [-0.1, -0.05) is 32.1 Å². The first-order chi connectivity index (χ1) is 11.6. The van der Waals surface area contributed by atoms with E-state index in [-0.39, 0.29) is 11.6 Å². The number of carbonyl (C=O) groups is 1. The van der Waals surface area contributed by atoms with E-state index in [9.17, 15) is 13.6 Å². The Labute approximate surface area is 155 Å². The van der Waals surface area contributed by atoms with Gasteiger partial charge in [0.2, 0.25) is 0 Å². The van der Waals surface area contributed by atoms with E-state index in [1.807, 2.05) is 32.6 Å². The predicted octanol–water partition coefficient (Wildman–Crippen LogP) is 3.89. The van der Waals surface area contributed by atoms with Gasteiger partial charge in [0, 0.05) is 29.9 Å². The van der Waals surface area contributed by atoms with Gasteiger partial charge in [-0.05, 0) is 53.4 Å². The van der Waals surface area contributed by atoms with Crippen LogP contribution in [0.25, 0.3) is 0 Å². The van der Waals surface area contributed by atoms with Crippen LogP contribution in [-0.4, -0.2) is 44.0 Å². The van der Waals surface area contributed by atoms with Gasteiger partial charge in [0.1, 0.15) is 5.60 Å². The van der Waals surface area contributed by atoms with E-state index >= 15 is 0 Å². The molecule has 25 heavy (non-hydrogen) atoms. The van der Waals surface area contributed by atoms with Gasteiger partial charge in [0.05, 0.1) is 0 Å². The van der Waals surface area contributed by atoms with E-state index in [4.69, 9.17) is 4.74 Å². The first kappa shape index (κ1) is 22.4. The molecule has 7 heteroatoms. The molecule has 1 aliphatic rings. The summed E-state index contributed by atoms with van der Waals surface area (Å²) in [5.74, 6) is 0. The van der Waals surface area contributed by atoms with Crippen LogP contribution in [0.2, 0.25) is 0 Å². The van der Waals surface area contributed by atoms with Crippen LogP contribution in [0.1, 0.15) is 85.5 Å². The maximum atomic E-state index is 12.3. The van der Waals surface area contributed by atoms with Crippen molar-refractivity contribution in [2.75, 3.05) is 13.1 Å². The van der Waals surface area contributed by atoms with Crippen LogP contribution in [0, 0.1) is 0 Å². The van der Waals surface area contributed by atoms with Gasteiger partial charge >= 0.3 is 6.09 Å². The highest BCUT2D eigenvalue weighted by Crippen LogP contribution is 2.23. The SMILES string of the molecule is CC1(NS(=O)[O-])CCCCCCN(C(=O)OC(C)(C)C)CCCCC1. The number of nitrogens with one attached hydrogen (secondary N) is 1. The lowest BCUT2D eigenvalue weighted by molar-refractivity contribution is 0.0243. The number of carbonyl (C=O) groups excluding carboxylic acids is 1. The summed E-state index contributed by atoms with van der Waals surface area (Å²) in [6.07, 6.45) is 8.32. The summed E-state index contributed by atoms with van der Waals surface area (Å²) in [4.78, 5) is 14.2. The molecule has 0 aromatic carbocycles. The molecule has 1 saturated heterocycles. The molecule has 0 aliphatic carbocycles. The van der Waals surface area contributed by atoms with Crippen molar-refractivity contribution in [3.8, 4) is 0 Å². The van der Waals surface area contributed by atoms with Gasteiger partial charge in [0.25, 0.3) is 0 Å². The molecule has 1 amide bonds. The second-order valence-corrected chi connectivity index (χ2v) is 9.01. The topological polar surface area (TPSA) is 81.7 Å². The van der Waals surface area contributed by atoms with Crippen molar-refractivity contribution in [1.82, 2.24) is 9.62 Å². The summed E-state index contributed by atoms with van der Waals surface area (Å²) in [5.41, 5.74) is -0.828. The van der Waals surface area contributed by atoms with Gasteiger partial charge in [-0.3, -0.25) is 4.21 Å². The summed E-state index contributed by atoms with van der Waals surface area (Å²) >= 11 is -2.23. The average Bonchev–Trinajstić information content (AvgIpc) is 2.46. The maximum absolute atomic E-state index is 12.3. The molecular weight excluding hydrogens is 340 g/mol. The third-order valence-electron chi connectivity index (χ3n) is 4.54. The van der Waals surface area contributed by atoms with Crippen molar-refractivity contribution < 1.29 is 18.3 Å². The number of nitrogens with zero attached hydrogens (tertiary/aromatic N) is 1. The fourth-order valence-electron chi connectivity index (χ4n) is 3.22. The Morgan fingerprint density at radius 2 is 1.52 bits per heavy atom. The molecule has 1 fully saturated rings. The van der Waals surface area contributed by atoms with Crippen molar-refractivity contribution in [2.45, 2.75) is 96.6 Å². The number of ether oxygens (including phenoxy) is 1. The van der Waals surface area contributed by atoms with Crippen molar-refractivity contribution >= 4 is 17.4 Å². The van der Waals surface area contributed by atoms with Crippen LogP contribution in [-0.2, 0) is 16.0 Å². The van der Waals surface area contributed by atoms with E-state index in [2.05, 4.69) is 4.72 Å². The van der Waals surface area contributed by atoms with E-state index in [0.29, 0.717) is 6.54 Å². The van der Waals surface area contributed by atoms with Gasteiger partial charge in [-0.15, -0.1) is 0 Å². The Balaban J connectivity index is 2.60. The fourth-order valence-corrected chi connectivity index (χ4v) is 3.82. The Bertz CT molecular complexity index is 439. The van der Waals surface area contributed by atoms with E-state index in [1.165, 1.54) is 0 Å². The Hall–Kier alpha value is -0.660. The highest BCUT2D eigenvalue weighted by Gasteiger charge is 2.25. The lowest BCUT2D eigenvalue weighted by Crippen LogP contribution is -2.43. The van der Waals surface area contributed by atoms with Gasteiger partial charge in [-0.2, -0.15) is 0 Å². The zero-order chi connectivity index (χ0) is 18.9. The molecule has 6 nitrogen and oxygen atoms in total. The second-order valence-electron chi connectivity index (χ2n) is 8.34. The average molecular weight is 376 g/mol. The molecule has 2 atom stereocenters. The Kier molecular flexibility index (Phi) is 9.38. The molecule has 0 radical (unpaired) electrons. The van der Waals surface area contributed by atoms with E-state index < -0.39 is 16.9 Å². The molecule has 0 aromatic rings. The predicted molar refractivity (Wildman–Crippen MR) is 99.8 cm³/mol. The van der Waals surface area contributed by atoms with Gasteiger partial charge in [-0.25, -0.2) is 9.52 Å². The minimum atomic E-state index is -2.23. The van der Waals surface area contributed by atoms with Crippen LogP contribution in [0.15, 0.2) is 0 Å². The summed E-state index contributed by atoms with van der Waals surface area (Å²) in [6.45, 7) is 9.09. The number of hydrogen-bond donors (Lipinski definition) is 1. The van der Waals surface area contributed by atoms with Gasteiger partial charge < -0.3 is 14.2 Å². The molecule has 0 bridgehead atoms. The molecule has 0 aromatic heterocycles. The van der Waals surface area contributed by atoms with Crippen molar-refractivity contribution in [1.29, 1.82) is 0 Å². The summed E-state index contributed by atoms with van der Waals surface area (Å²) in [6, 6.07) is 0. The first-order valence-electron chi connectivity index (χ1n) is 9.46.